The number of likely N-dealkylation sites (N-methyl/N-ethyl adjacent to an activating group) is 1. The van der Waals surface area contributed by atoms with Crippen molar-refractivity contribution in [2.75, 3.05) is 13.6 Å². The van der Waals surface area contributed by atoms with E-state index in [2.05, 4.69) is 15.8 Å². The number of hydroxylamine groups is 1. The van der Waals surface area contributed by atoms with E-state index in [9.17, 15) is 8.78 Å². The Bertz CT molecular complexity index is 402. The first-order valence-corrected chi connectivity index (χ1v) is 4.79. The van der Waals surface area contributed by atoms with Gasteiger partial charge in [0.2, 0.25) is 0 Å². The highest BCUT2D eigenvalue weighted by molar-refractivity contribution is 5.98. The fourth-order valence-corrected chi connectivity index (χ4v) is 1.41. The Morgan fingerprint density at radius 3 is 2.69 bits per heavy atom. The Morgan fingerprint density at radius 2 is 2.06 bits per heavy atom. The minimum absolute atomic E-state index is 0.330. The lowest BCUT2D eigenvalue weighted by Gasteiger charge is -2.03. The molecule has 0 bridgehead atoms. The van der Waals surface area contributed by atoms with Gasteiger partial charge in [-0.2, -0.15) is 0 Å². The zero-order chi connectivity index (χ0) is 11.5. The summed E-state index contributed by atoms with van der Waals surface area (Å²) in [6, 6.07) is 3.20. The second-order valence-electron chi connectivity index (χ2n) is 3.37. The highest BCUT2D eigenvalue weighted by atomic mass is 19.1. The molecule has 1 atom stereocenters. The smallest absolute Gasteiger partial charge is 0.189 e. The maximum Gasteiger partial charge on any atom is 0.189 e. The van der Waals surface area contributed by atoms with Crippen LogP contribution < -0.4 is 10.8 Å². The predicted octanol–water partition coefficient (Wildman–Crippen LogP) is 0.792. The van der Waals surface area contributed by atoms with E-state index in [1.807, 2.05) is 0 Å². The van der Waals surface area contributed by atoms with Crippen molar-refractivity contribution in [1.82, 2.24) is 10.8 Å². The first-order chi connectivity index (χ1) is 7.69. The van der Waals surface area contributed by atoms with Crippen LogP contribution in [0, 0.1) is 11.6 Å². The van der Waals surface area contributed by atoms with Gasteiger partial charge < -0.3 is 5.32 Å². The van der Waals surface area contributed by atoms with Crippen LogP contribution in [-0.4, -0.2) is 25.7 Å². The highest BCUT2D eigenvalue weighted by Crippen LogP contribution is 2.12. The number of nitrogens with one attached hydrogen (secondary N) is 2. The minimum atomic E-state index is -0.642. The number of hydrogen-bond donors (Lipinski definition) is 2. The van der Waals surface area contributed by atoms with E-state index < -0.39 is 11.6 Å². The molecule has 0 spiro atoms. The molecule has 1 unspecified atom stereocenters. The van der Waals surface area contributed by atoms with Gasteiger partial charge in [-0.05, 0) is 19.2 Å². The molecule has 0 amide bonds. The molecule has 86 valence electrons. The Labute approximate surface area is 91.3 Å². The number of benzene rings is 1. The van der Waals surface area contributed by atoms with Crippen LogP contribution in [0.25, 0.3) is 0 Å². The Morgan fingerprint density at radius 1 is 1.38 bits per heavy atom. The van der Waals surface area contributed by atoms with Gasteiger partial charge in [0.1, 0.15) is 11.6 Å². The molecule has 2 rings (SSSR count). The molecule has 0 saturated heterocycles. The number of nitrogens with zero attached hydrogens (tertiary/aromatic N) is 1. The van der Waals surface area contributed by atoms with E-state index >= 15 is 0 Å². The van der Waals surface area contributed by atoms with Gasteiger partial charge in [0, 0.05) is 18.2 Å². The summed E-state index contributed by atoms with van der Waals surface area (Å²) in [5.74, 6) is -0.952. The van der Waals surface area contributed by atoms with Crippen LogP contribution >= 0.6 is 0 Å². The van der Waals surface area contributed by atoms with Gasteiger partial charge in [0.05, 0.1) is 0 Å². The largest absolute Gasteiger partial charge is 0.315 e. The van der Waals surface area contributed by atoms with E-state index in [1.54, 1.807) is 7.05 Å². The van der Waals surface area contributed by atoms with Crippen LogP contribution in [0.3, 0.4) is 0 Å². The van der Waals surface area contributed by atoms with E-state index in [-0.39, 0.29) is 6.23 Å². The third-order valence-electron chi connectivity index (χ3n) is 2.08. The molecule has 0 aromatic heterocycles. The van der Waals surface area contributed by atoms with Crippen LogP contribution in [0.5, 0.6) is 0 Å². The number of hydrogen-bond acceptors (Lipinski definition) is 4. The third kappa shape index (κ3) is 2.34. The van der Waals surface area contributed by atoms with Crippen LogP contribution in [0.2, 0.25) is 0 Å². The van der Waals surface area contributed by atoms with Gasteiger partial charge in [-0.15, -0.1) is 0 Å². The average molecular weight is 227 g/mol. The van der Waals surface area contributed by atoms with Gasteiger partial charge in [-0.3, -0.25) is 0 Å². The van der Waals surface area contributed by atoms with Crippen molar-refractivity contribution < 1.29 is 13.6 Å². The first-order valence-electron chi connectivity index (χ1n) is 4.79. The van der Waals surface area contributed by atoms with Crippen LogP contribution in [0.1, 0.15) is 5.56 Å². The lowest BCUT2D eigenvalue weighted by molar-refractivity contribution is 0.0400. The van der Waals surface area contributed by atoms with E-state index in [1.165, 1.54) is 12.1 Å². The zero-order valence-electron chi connectivity index (χ0n) is 8.63. The number of rotatable bonds is 3. The molecule has 0 saturated carbocycles. The molecule has 1 aromatic carbocycles. The minimum Gasteiger partial charge on any atom is -0.315 e. The lowest BCUT2D eigenvalue weighted by atomic mass is 10.2. The van der Waals surface area contributed by atoms with Crippen molar-refractivity contribution in [3.05, 3.63) is 35.4 Å². The van der Waals surface area contributed by atoms with Gasteiger partial charge in [0.25, 0.3) is 0 Å². The SMILES string of the molecule is CNCC1N=C(c2cc(F)cc(F)c2)NO1. The first kappa shape index (κ1) is 11.0. The summed E-state index contributed by atoms with van der Waals surface area (Å²) in [5, 5.41) is 2.88. The van der Waals surface area contributed by atoms with Gasteiger partial charge in [-0.25, -0.2) is 24.1 Å². The molecule has 1 aliphatic heterocycles. The van der Waals surface area contributed by atoms with E-state index in [0.29, 0.717) is 17.9 Å². The highest BCUT2D eigenvalue weighted by Gasteiger charge is 2.19. The molecule has 0 fully saturated rings. The molecule has 2 N–H and O–H groups in total. The maximum absolute atomic E-state index is 13.0. The molecular formula is C10H11F2N3O. The summed E-state index contributed by atoms with van der Waals surface area (Å²) in [5.41, 5.74) is 2.87. The monoisotopic (exact) mass is 227 g/mol. The average Bonchev–Trinajstić information content (AvgIpc) is 2.65. The summed E-state index contributed by atoms with van der Waals surface area (Å²) in [4.78, 5) is 9.20. The predicted molar refractivity (Wildman–Crippen MR) is 54.8 cm³/mol. The number of aliphatic imine (C=N–C) groups is 1. The summed E-state index contributed by atoms with van der Waals surface area (Å²) in [6.45, 7) is 0.522. The standard InChI is InChI=1S/C10H11F2N3O/c1-13-5-9-14-10(15-16-9)6-2-7(11)4-8(12)3-6/h2-4,9,13H,5H2,1H3,(H,14,15). The Balaban J connectivity index is 2.21. The zero-order valence-corrected chi connectivity index (χ0v) is 8.63. The van der Waals surface area contributed by atoms with Crippen LogP contribution in [-0.2, 0) is 4.84 Å². The van der Waals surface area contributed by atoms with E-state index in [0.717, 1.165) is 6.07 Å². The molecule has 1 aliphatic rings. The fourth-order valence-electron chi connectivity index (χ4n) is 1.41. The van der Waals surface area contributed by atoms with Gasteiger partial charge in [-0.1, -0.05) is 0 Å². The molecule has 6 heteroatoms. The molecule has 1 aromatic rings. The summed E-state index contributed by atoms with van der Waals surface area (Å²) < 4.78 is 25.9. The van der Waals surface area contributed by atoms with Crippen LogP contribution in [0.4, 0.5) is 8.78 Å². The molecule has 16 heavy (non-hydrogen) atoms. The molecular weight excluding hydrogens is 216 g/mol. The quantitative estimate of drug-likeness (QED) is 0.802. The van der Waals surface area contributed by atoms with Crippen molar-refractivity contribution in [2.24, 2.45) is 4.99 Å². The van der Waals surface area contributed by atoms with Crippen molar-refractivity contribution in [3.63, 3.8) is 0 Å². The van der Waals surface area contributed by atoms with Gasteiger partial charge in [0.15, 0.2) is 12.1 Å². The second-order valence-corrected chi connectivity index (χ2v) is 3.37. The molecule has 1 heterocycles. The maximum atomic E-state index is 13.0. The Kier molecular flexibility index (Phi) is 3.12. The van der Waals surface area contributed by atoms with Gasteiger partial charge >= 0.3 is 0 Å². The third-order valence-corrected chi connectivity index (χ3v) is 2.08. The van der Waals surface area contributed by atoms with Crippen LogP contribution in [0.15, 0.2) is 23.2 Å². The summed E-state index contributed by atoms with van der Waals surface area (Å²) in [7, 11) is 1.76. The summed E-state index contributed by atoms with van der Waals surface area (Å²) in [6.07, 6.45) is -0.383. The lowest BCUT2D eigenvalue weighted by Crippen LogP contribution is -2.25. The summed E-state index contributed by atoms with van der Waals surface area (Å²) >= 11 is 0. The van der Waals surface area contributed by atoms with Crippen molar-refractivity contribution in [2.45, 2.75) is 6.23 Å². The number of halogens is 2. The number of amidine groups is 1. The molecule has 4 nitrogen and oxygen atoms in total. The Hall–Kier alpha value is -1.53. The molecule has 0 radical (unpaired) electrons. The fraction of sp³-hybridized carbons (Fsp3) is 0.300. The second kappa shape index (κ2) is 4.54. The van der Waals surface area contributed by atoms with Crippen molar-refractivity contribution in [3.8, 4) is 0 Å². The normalized spacial score (nSPS) is 19.4. The van der Waals surface area contributed by atoms with E-state index in [4.69, 9.17) is 4.84 Å². The van der Waals surface area contributed by atoms with Crippen molar-refractivity contribution >= 4 is 5.84 Å². The molecule has 0 aliphatic carbocycles. The topological polar surface area (TPSA) is 45.7 Å². The van der Waals surface area contributed by atoms with Crippen molar-refractivity contribution in [1.29, 1.82) is 0 Å².